The van der Waals surface area contributed by atoms with Crippen LogP contribution in [-0.2, 0) is 11.2 Å². The van der Waals surface area contributed by atoms with Crippen molar-refractivity contribution in [1.82, 2.24) is 0 Å². The summed E-state index contributed by atoms with van der Waals surface area (Å²) in [4.78, 5) is 2.19. The van der Waals surface area contributed by atoms with Gasteiger partial charge in [0, 0.05) is 31.4 Å². The van der Waals surface area contributed by atoms with Crippen LogP contribution in [0.2, 0.25) is 0 Å². The second-order valence-corrected chi connectivity index (χ2v) is 5.44. The van der Waals surface area contributed by atoms with Gasteiger partial charge in [0.15, 0.2) is 0 Å². The van der Waals surface area contributed by atoms with Gasteiger partial charge in [-0.1, -0.05) is 12.1 Å². The van der Waals surface area contributed by atoms with Crippen LogP contribution in [0, 0.1) is 0 Å². The third kappa shape index (κ3) is 4.61. The Kier molecular flexibility index (Phi) is 5.11. The Balaban J connectivity index is 1.80. The molecule has 1 heterocycles. The molecule has 0 fully saturated rings. The molecular weight excluding hydrogens is 281 g/mol. The number of alkyl halides is 3. The quantitative estimate of drug-likeness (QED) is 0.821. The second-order valence-electron chi connectivity index (χ2n) is 5.44. The number of fused-ring (bicyclic) bond motifs is 1. The molecule has 0 saturated heterocycles. The van der Waals surface area contributed by atoms with E-state index in [1.807, 2.05) is 13.0 Å². The van der Waals surface area contributed by atoms with Gasteiger partial charge in [-0.15, -0.1) is 0 Å². The Morgan fingerprint density at radius 3 is 2.81 bits per heavy atom. The molecule has 1 aliphatic heterocycles. The highest BCUT2D eigenvalue weighted by molar-refractivity contribution is 5.59. The minimum absolute atomic E-state index is 0.0140. The van der Waals surface area contributed by atoms with Crippen LogP contribution in [0.5, 0.6) is 0 Å². The molecule has 0 amide bonds. The predicted octanol–water partition coefficient (Wildman–Crippen LogP) is 3.04. The monoisotopic (exact) mass is 302 g/mol. The van der Waals surface area contributed by atoms with Crippen molar-refractivity contribution in [1.29, 1.82) is 0 Å². The van der Waals surface area contributed by atoms with Crippen molar-refractivity contribution in [2.75, 3.05) is 31.2 Å². The lowest BCUT2D eigenvalue weighted by Gasteiger charge is -2.20. The standard InChI is InChI=1S/C15H21F3N2O/c1-11(19)12-3-4-14-13(9-12)5-7-20(14)6-2-8-21-10-15(16,17)18/h3-4,9,11H,2,5-8,10,19H2,1H3. The molecule has 0 aliphatic carbocycles. The molecule has 0 spiro atoms. The lowest BCUT2D eigenvalue weighted by atomic mass is 10.0. The molecule has 1 atom stereocenters. The molecule has 6 heteroatoms. The highest BCUT2D eigenvalue weighted by Gasteiger charge is 2.27. The molecule has 1 unspecified atom stereocenters. The van der Waals surface area contributed by atoms with Crippen LogP contribution in [0.4, 0.5) is 18.9 Å². The fourth-order valence-electron chi connectivity index (χ4n) is 2.55. The fraction of sp³-hybridized carbons (Fsp3) is 0.600. The van der Waals surface area contributed by atoms with Gasteiger partial charge in [-0.25, -0.2) is 0 Å². The molecule has 1 aromatic carbocycles. The van der Waals surface area contributed by atoms with E-state index in [2.05, 4.69) is 21.8 Å². The Bertz CT molecular complexity index is 474. The van der Waals surface area contributed by atoms with Gasteiger partial charge in [0.2, 0.25) is 0 Å². The van der Waals surface area contributed by atoms with Gasteiger partial charge in [-0.05, 0) is 37.0 Å². The van der Waals surface area contributed by atoms with Gasteiger partial charge in [0.25, 0.3) is 0 Å². The summed E-state index contributed by atoms with van der Waals surface area (Å²) in [5.74, 6) is 0. The molecule has 1 aliphatic rings. The Labute approximate surface area is 122 Å². The van der Waals surface area contributed by atoms with Crippen molar-refractivity contribution in [2.24, 2.45) is 5.73 Å². The minimum atomic E-state index is -4.24. The van der Waals surface area contributed by atoms with Crippen molar-refractivity contribution < 1.29 is 17.9 Å². The first kappa shape index (κ1) is 16.1. The molecule has 3 nitrogen and oxygen atoms in total. The molecule has 21 heavy (non-hydrogen) atoms. The number of benzene rings is 1. The molecule has 1 aromatic rings. The summed E-state index contributed by atoms with van der Waals surface area (Å²) in [5, 5.41) is 0. The number of hydrogen-bond donors (Lipinski definition) is 1. The lowest BCUT2D eigenvalue weighted by molar-refractivity contribution is -0.173. The normalized spacial score (nSPS) is 16.1. The van der Waals surface area contributed by atoms with Gasteiger partial charge in [0.1, 0.15) is 6.61 Å². The van der Waals surface area contributed by atoms with Gasteiger partial charge in [0.05, 0.1) is 0 Å². The number of nitrogens with two attached hydrogens (primary N) is 1. The Morgan fingerprint density at radius 2 is 2.14 bits per heavy atom. The summed E-state index contributed by atoms with van der Waals surface area (Å²) in [6.45, 7) is 2.52. The van der Waals surface area contributed by atoms with Crippen LogP contribution in [0.3, 0.4) is 0 Å². The van der Waals surface area contributed by atoms with E-state index in [1.54, 1.807) is 0 Å². The van der Waals surface area contributed by atoms with E-state index in [4.69, 9.17) is 5.73 Å². The van der Waals surface area contributed by atoms with Gasteiger partial charge in [-0.2, -0.15) is 13.2 Å². The summed E-state index contributed by atoms with van der Waals surface area (Å²) >= 11 is 0. The Morgan fingerprint density at radius 1 is 1.38 bits per heavy atom. The average Bonchev–Trinajstić information content (AvgIpc) is 2.79. The maximum absolute atomic E-state index is 11.9. The average molecular weight is 302 g/mol. The molecule has 118 valence electrons. The first-order valence-electron chi connectivity index (χ1n) is 7.14. The molecule has 2 N–H and O–H groups in total. The van der Waals surface area contributed by atoms with Gasteiger partial charge in [-0.3, -0.25) is 0 Å². The molecule has 0 radical (unpaired) electrons. The number of nitrogens with zero attached hydrogens (tertiary/aromatic N) is 1. The number of ether oxygens (including phenoxy) is 1. The third-order valence-electron chi connectivity index (χ3n) is 3.60. The van der Waals surface area contributed by atoms with Crippen molar-refractivity contribution >= 4 is 5.69 Å². The fourth-order valence-corrected chi connectivity index (χ4v) is 2.55. The van der Waals surface area contributed by atoms with E-state index < -0.39 is 12.8 Å². The highest BCUT2D eigenvalue weighted by Crippen LogP contribution is 2.30. The van der Waals surface area contributed by atoms with Crippen LogP contribution in [-0.4, -0.2) is 32.5 Å². The molecule has 0 saturated carbocycles. The molecular formula is C15H21F3N2O. The van der Waals surface area contributed by atoms with Crippen molar-refractivity contribution in [2.45, 2.75) is 32.0 Å². The topological polar surface area (TPSA) is 38.5 Å². The zero-order valence-corrected chi connectivity index (χ0v) is 12.1. The number of anilines is 1. The summed E-state index contributed by atoms with van der Waals surface area (Å²) in [5.41, 5.74) is 9.41. The van der Waals surface area contributed by atoms with Crippen LogP contribution in [0.1, 0.15) is 30.5 Å². The van der Waals surface area contributed by atoms with E-state index in [9.17, 15) is 13.2 Å². The van der Waals surface area contributed by atoms with Gasteiger partial charge >= 0.3 is 6.18 Å². The van der Waals surface area contributed by atoms with E-state index in [0.29, 0.717) is 13.0 Å². The predicted molar refractivity (Wildman–Crippen MR) is 76.5 cm³/mol. The Hall–Kier alpha value is -1.27. The van der Waals surface area contributed by atoms with E-state index >= 15 is 0 Å². The molecule has 0 aromatic heterocycles. The zero-order chi connectivity index (χ0) is 15.5. The van der Waals surface area contributed by atoms with Crippen LogP contribution in [0.25, 0.3) is 0 Å². The van der Waals surface area contributed by atoms with Crippen molar-refractivity contribution in [3.8, 4) is 0 Å². The maximum Gasteiger partial charge on any atom is 0.411 e. The maximum atomic E-state index is 11.9. The third-order valence-corrected chi connectivity index (χ3v) is 3.60. The first-order valence-corrected chi connectivity index (χ1v) is 7.14. The highest BCUT2D eigenvalue weighted by atomic mass is 19.4. The molecule has 0 bridgehead atoms. The number of halogens is 3. The SMILES string of the molecule is CC(N)c1ccc2c(c1)CCN2CCCOCC(F)(F)F. The first-order chi connectivity index (χ1) is 9.87. The van der Waals surface area contributed by atoms with Crippen LogP contribution >= 0.6 is 0 Å². The van der Waals surface area contributed by atoms with Crippen LogP contribution < -0.4 is 10.6 Å². The van der Waals surface area contributed by atoms with E-state index in [-0.39, 0.29) is 12.6 Å². The van der Waals surface area contributed by atoms with Gasteiger partial charge < -0.3 is 15.4 Å². The van der Waals surface area contributed by atoms with Crippen molar-refractivity contribution in [3.63, 3.8) is 0 Å². The second kappa shape index (κ2) is 6.66. The smallest absolute Gasteiger partial charge is 0.372 e. The van der Waals surface area contributed by atoms with Crippen LogP contribution in [0.15, 0.2) is 18.2 Å². The van der Waals surface area contributed by atoms with E-state index in [0.717, 1.165) is 24.2 Å². The minimum Gasteiger partial charge on any atom is -0.372 e. The summed E-state index contributed by atoms with van der Waals surface area (Å²) in [6.07, 6.45) is -2.70. The number of hydrogen-bond acceptors (Lipinski definition) is 3. The summed E-state index contributed by atoms with van der Waals surface area (Å²) in [7, 11) is 0. The summed E-state index contributed by atoms with van der Waals surface area (Å²) in [6, 6.07) is 6.21. The largest absolute Gasteiger partial charge is 0.411 e. The van der Waals surface area contributed by atoms with Crippen molar-refractivity contribution in [3.05, 3.63) is 29.3 Å². The molecule has 2 rings (SSSR count). The van der Waals surface area contributed by atoms with E-state index in [1.165, 1.54) is 5.56 Å². The zero-order valence-electron chi connectivity index (χ0n) is 12.1. The number of rotatable bonds is 6. The summed E-state index contributed by atoms with van der Waals surface area (Å²) < 4.78 is 40.4. The lowest BCUT2D eigenvalue weighted by Crippen LogP contribution is -2.24.